The molecule has 0 saturated carbocycles. The molecule has 0 fully saturated rings. The van der Waals surface area contributed by atoms with E-state index in [1.165, 1.54) is 23.9 Å². The third-order valence-corrected chi connectivity index (χ3v) is 4.96. The first-order valence-electron chi connectivity index (χ1n) is 5.75. The maximum absolute atomic E-state index is 12.1. The zero-order valence-electron chi connectivity index (χ0n) is 11.3. The van der Waals surface area contributed by atoms with Gasteiger partial charge in [0.15, 0.2) is 0 Å². The summed E-state index contributed by atoms with van der Waals surface area (Å²) in [6, 6.07) is 4.53. The van der Waals surface area contributed by atoms with Crippen LogP contribution in [-0.2, 0) is 10.0 Å². The number of anilines is 1. The largest absolute Gasteiger partial charge is 0.399 e. The monoisotopic (exact) mass is 304 g/mol. The van der Waals surface area contributed by atoms with Crippen molar-refractivity contribution in [2.45, 2.75) is 24.3 Å². The first-order valence-corrected chi connectivity index (χ1v) is 8.63. The fourth-order valence-corrected chi connectivity index (χ4v) is 3.48. The molecule has 1 unspecified atom stereocenters. The lowest BCUT2D eigenvalue weighted by Gasteiger charge is -2.22. The molecule has 108 valence electrons. The second kappa shape index (κ2) is 6.13. The average Bonchev–Trinajstić information content (AvgIpc) is 2.30. The van der Waals surface area contributed by atoms with Gasteiger partial charge in [-0.1, -0.05) is 0 Å². The van der Waals surface area contributed by atoms with Crippen LogP contribution < -0.4 is 10.5 Å². The number of benzene rings is 1. The molecule has 0 radical (unpaired) electrons. The zero-order chi connectivity index (χ0) is 14.7. The number of hydrogen-bond donors (Lipinski definition) is 3. The van der Waals surface area contributed by atoms with E-state index in [4.69, 9.17) is 5.73 Å². The normalized spacial score (nSPS) is 15.2. The van der Waals surface area contributed by atoms with Crippen LogP contribution in [0.15, 0.2) is 23.1 Å². The van der Waals surface area contributed by atoms with Crippen molar-refractivity contribution in [3.05, 3.63) is 23.8 Å². The molecule has 0 aliphatic heterocycles. The number of hydrogen-bond acceptors (Lipinski definition) is 5. The van der Waals surface area contributed by atoms with Crippen molar-refractivity contribution in [2.24, 2.45) is 0 Å². The van der Waals surface area contributed by atoms with Crippen LogP contribution in [-0.4, -0.2) is 37.7 Å². The second-order valence-electron chi connectivity index (χ2n) is 4.77. The number of thioether (sulfide) groups is 1. The Morgan fingerprint density at radius 2 is 2.11 bits per heavy atom. The van der Waals surface area contributed by atoms with Crippen LogP contribution in [0.1, 0.15) is 12.5 Å². The van der Waals surface area contributed by atoms with Gasteiger partial charge in [-0.25, -0.2) is 13.1 Å². The molecule has 0 bridgehead atoms. The first-order chi connectivity index (χ1) is 8.68. The minimum Gasteiger partial charge on any atom is -0.399 e. The van der Waals surface area contributed by atoms with Gasteiger partial charge in [-0.3, -0.25) is 0 Å². The van der Waals surface area contributed by atoms with E-state index in [0.717, 1.165) is 0 Å². The summed E-state index contributed by atoms with van der Waals surface area (Å²) in [4.78, 5) is 0.152. The van der Waals surface area contributed by atoms with Crippen LogP contribution in [0.3, 0.4) is 0 Å². The lowest BCUT2D eigenvalue weighted by atomic mass is 10.1. The molecular weight excluding hydrogens is 284 g/mol. The van der Waals surface area contributed by atoms with Crippen LogP contribution in [0, 0.1) is 6.92 Å². The number of nitrogens with one attached hydrogen (secondary N) is 1. The van der Waals surface area contributed by atoms with Gasteiger partial charge in [0.1, 0.15) is 0 Å². The lowest BCUT2D eigenvalue weighted by molar-refractivity contribution is 0.0908. The van der Waals surface area contributed by atoms with Gasteiger partial charge in [0.25, 0.3) is 0 Å². The molecule has 0 aromatic heterocycles. The number of rotatable bonds is 6. The Hall–Kier alpha value is -0.760. The quantitative estimate of drug-likeness (QED) is 0.681. The molecule has 19 heavy (non-hydrogen) atoms. The molecule has 0 aliphatic carbocycles. The summed E-state index contributed by atoms with van der Waals surface area (Å²) in [7, 11) is -3.63. The second-order valence-corrected chi connectivity index (χ2v) is 7.41. The van der Waals surface area contributed by atoms with E-state index < -0.39 is 15.6 Å². The van der Waals surface area contributed by atoms with Gasteiger partial charge in [0.2, 0.25) is 10.0 Å². The number of sulfonamides is 1. The van der Waals surface area contributed by atoms with Gasteiger partial charge in [-0.15, -0.1) is 0 Å². The predicted molar refractivity (Wildman–Crippen MR) is 79.8 cm³/mol. The Morgan fingerprint density at radius 1 is 1.47 bits per heavy atom. The summed E-state index contributed by atoms with van der Waals surface area (Å²) in [5.41, 5.74) is 5.84. The Morgan fingerprint density at radius 3 is 2.63 bits per heavy atom. The lowest BCUT2D eigenvalue weighted by Crippen LogP contribution is -2.42. The van der Waals surface area contributed by atoms with Crippen LogP contribution in [0.2, 0.25) is 0 Å². The van der Waals surface area contributed by atoms with Gasteiger partial charge in [0.05, 0.1) is 10.5 Å². The van der Waals surface area contributed by atoms with Gasteiger partial charge < -0.3 is 10.8 Å². The molecule has 1 atom stereocenters. The molecule has 0 spiro atoms. The highest BCUT2D eigenvalue weighted by atomic mass is 32.2. The van der Waals surface area contributed by atoms with E-state index in [0.29, 0.717) is 17.0 Å². The maximum Gasteiger partial charge on any atom is 0.240 e. The standard InChI is InChI=1S/C12H20N2O3S2/c1-9-6-10(4-5-11(9)13)19(16,17)14-7-12(2,15)8-18-3/h4-6,14-15H,7-8,13H2,1-3H3. The van der Waals surface area contributed by atoms with Crippen LogP contribution in [0.4, 0.5) is 5.69 Å². The van der Waals surface area contributed by atoms with Gasteiger partial charge in [-0.2, -0.15) is 11.8 Å². The van der Waals surface area contributed by atoms with Gasteiger partial charge in [0, 0.05) is 18.0 Å². The summed E-state index contributed by atoms with van der Waals surface area (Å²) >= 11 is 1.46. The fourth-order valence-electron chi connectivity index (χ4n) is 1.51. The number of aryl methyl sites for hydroxylation is 1. The SMILES string of the molecule is CSCC(C)(O)CNS(=O)(=O)c1ccc(N)c(C)c1. The third kappa shape index (κ3) is 4.68. The smallest absolute Gasteiger partial charge is 0.240 e. The minimum absolute atomic E-state index is 0.0282. The first kappa shape index (κ1) is 16.3. The molecule has 0 amide bonds. The molecule has 1 aromatic carbocycles. The molecule has 0 saturated heterocycles. The molecule has 0 heterocycles. The van der Waals surface area contributed by atoms with Crippen molar-refractivity contribution in [1.82, 2.24) is 4.72 Å². The molecule has 7 heteroatoms. The molecular formula is C12H20N2O3S2. The Labute approximate surface area is 118 Å². The van der Waals surface area contributed by atoms with Crippen LogP contribution in [0.5, 0.6) is 0 Å². The number of nitrogens with two attached hydrogens (primary N) is 1. The minimum atomic E-state index is -3.63. The van der Waals surface area contributed by atoms with Crippen molar-refractivity contribution < 1.29 is 13.5 Å². The van der Waals surface area contributed by atoms with E-state index >= 15 is 0 Å². The number of nitrogen functional groups attached to an aromatic ring is 1. The predicted octanol–water partition coefficient (Wildman–Crippen LogP) is 0.970. The third-order valence-electron chi connectivity index (χ3n) is 2.65. The van der Waals surface area contributed by atoms with E-state index in [9.17, 15) is 13.5 Å². The molecule has 0 aliphatic rings. The highest BCUT2D eigenvalue weighted by Crippen LogP contribution is 2.17. The zero-order valence-corrected chi connectivity index (χ0v) is 12.9. The summed E-state index contributed by atoms with van der Waals surface area (Å²) in [6.07, 6.45) is 1.85. The molecule has 1 aromatic rings. The molecule has 5 nitrogen and oxygen atoms in total. The topological polar surface area (TPSA) is 92.4 Å². The van der Waals surface area contributed by atoms with Crippen molar-refractivity contribution in [3.63, 3.8) is 0 Å². The van der Waals surface area contributed by atoms with E-state index in [1.807, 2.05) is 6.26 Å². The highest BCUT2D eigenvalue weighted by molar-refractivity contribution is 7.98. The van der Waals surface area contributed by atoms with Crippen molar-refractivity contribution in [3.8, 4) is 0 Å². The summed E-state index contributed by atoms with van der Waals surface area (Å²) in [6.45, 7) is 3.32. The van der Waals surface area contributed by atoms with Crippen LogP contribution in [0.25, 0.3) is 0 Å². The summed E-state index contributed by atoms with van der Waals surface area (Å²) in [5, 5.41) is 9.96. The summed E-state index contributed by atoms with van der Waals surface area (Å²) < 4.78 is 26.6. The van der Waals surface area contributed by atoms with Crippen molar-refractivity contribution in [2.75, 3.05) is 24.3 Å². The number of aliphatic hydroxyl groups is 1. The van der Waals surface area contributed by atoms with E-state index in [1.54, 1.807) is 19.9 Å². The molecule has 1 rings (SSSR count). The maximum atomic E-state index is 12.1. The average molecular weight is 304 g/mol. The Bertz CT molecular complexity index is 542. The Balaban J connectivity index is 2.84. The van der Waals surface area contributed by atoms with Crippen molar-refractivity contribution >= 4 is 27.5 Å². The van der Waals surface area contributed by atoms with Crippen LogP contribution >= 0.6 is 11.8 Å². The summed E-state index contributed by atoms with van der Waals surface area (Å²) in [5.74, 6) is 0.455. The van der Waals surface area contributed by atoms with Crippen molar-refractivity contribution in [1.29, 1.82) is 0 Å². The molecule has 4 N–H and O–H groups in total. The fraction of sp³-hybridized carbons (Fsp3) is 0.500. The van der Waals surface area contributed by atoms with Gasteiger partial charge >= 0.3 is 0 Å². The van der Waals surface area contributed by atoms with E-state index in [2.05, 4.69) is 4.72 Å². The van der Waals surface area contributed by atoms with Gasteiger partial charge in [-0.05, 0) is 43.9 Å². The Kier molecular flexibility index (Phi) is 5.26. The van der Waals surface area contributed by atoms with E-state index in [-0.39, 0.29) is 11.4 Å². The highest BCUT2D eigenvalue weighted by Gasteiger charge is 2.23.